The van der Waals surface area contributed by atoms with E-state index in [1.54, 1.807) is 44.6 Å². The van der Waals surface area contributed by atoms with Crippen molar-refractivity contribution in [3.8, 4) is 11.5 Å². The number of methoxy groups -OCH3 is 2. The molecule has 0 amide bonds. The molecule has 0 saturated carbocycles. The molecule has 0 aromatic heterocycles. The van der Waals surface area contributed by atoms with Gasteiger partial charge in [-0.2, -0.15) is 0 Å². The lowest BCUT2D eigenvalue weighted by Crippen LogP contribution is -2.00. The zero-order chi connectivity index (χ0) is 13.8. The second-order valence-electron chi connectivity index (χ2n) is 3.89. The Morgan fingerprint density at radius 2 is 1.84 bits per heavy atom. The maximum atomic E-state index is 13.4. The first-order valence-corrected chi connectivity index (χ1v) is 5.68. The number of hydrogen-bond donors (Lipinski definition) is 2. The molecule has 5 heteroatoms. The van der Waals surface area contributed by atoms with E-state index >= 15 is 0 Å². The maximum Gasteiger partial charge on any atom is 0.148 e. The van der Waals surface area contributed by atoms with Crippen LogP contribution in [0.25, 0.3) is 0 Å². The Hall–Kier alpha value is -2.43. The van der Waals surface area contributed by atoms with Gasteiger partial charge in [0.05, 0.1) is 31.3 Å². The summed E-state index contributed by atoms with van der Waals surface area (Å²) in [6.07, 6.45) is 0. The number of rotatable bonds is 4. The molecule has 0 aliphatic carbocycles. The van der Waals surface area contributed by atoms with Crippen molar-refractivity contribution in [2.24, 2.45) is 0 Å². The van der Waals surface area contributed by atoms with E-state index in [2.05, 4.69) is 5.32 Å². The summed E-state index contributed by atoms with van der Waals surface area (Å²) in [6.45, 7) is 0. The predicted octanol–water partition coefficient (Wildman–Crippen LogP) is 3.17. The Morgan fingerprint density at radius 1 is 1.05 bits per heavy atom. The number of nitrogens with one attached hydrogen (secondary N) is 1. The number of hydrogen-bond acceptors (Lipinski definition) is 4. The van der Waals surface area contributed by atoms with Gasteiger partial charge in [-0.15, -0.1) is 0 Å². The average Bonchev–Trinajstić information content (AvgIpc) is 2.43. The SMILES string of the molecule is COc1ccc(OC)c(Nc2cccc(F)c2N)c1. The van der Waals surface area contributed by atoms with Gasteiger partial charge in [0.1, 0.15) is 17.3 Å². The number of anilines is 3. The molecule has 4 nitrogen and oxygen atoms in total. The van der Waals surface area contributed by atoms with Crippen molar-refractivity contribution in [2.75, 3.05) is 25.3 Å². The third-order valence-corrected chi connectivity index (χ3v) is 2.73. The Labute approximate surface area is 111 Å². The summed E-state index contributed by atoms with van der Waals surface area (Å²) in [5.41, 5.74) is 6.88. The van der Waals surface area contributed by atoms with Crippen LogP contribution >= 0.6 is 0 Å². The summed E-state index contributed by atoms with van der Waals surface area (Å²) in [6, 6.07) is 9.88. The van der Waals surface area contributed by atoms with Crippen LogP contribution in [0, 0.1) is 5.82 Å². The Kier molecular flexibility index (Phi) is 3.75. The largest absolute Gasteiger partial charge is 0.497 e. The molecular weight excluding hydrogens is 247 g/mol. The van der Waals surface area contributed by atoms with Crippen LogP contribution in [0.15, 0.2) is 36.4 Å². The van der Waals surface area contributed by atoms with Crippen LogP contribution in [0.3, 0.4) is 0 Å². The maximum absolute atomic E-state index is 13.4. The molecule has 0 spiro atoms. The minimum atomic E-state index is -0.466. The number of nitrogens with two attached hydrogens (primary N) is 1. The Morgan fingerprint density at radius 3 is 2.53 bits per heavy atom. The average molecular weight is 262 g/mol. The van der Waals surface area contributed by atoms with Crippen molar-refractivity contribution in [1.82, 2.24) is 0 Å². The second kappa shape index (κ2) is 5.48. The molecule has 0 saturated heterocycles. The molecule has 2 aromatic carbocycles. The van der Waals surface area contributed by atoms with Crippen molar-refractivity contribution < 1.29 is 13.9 Å². The van der Waals surface area contributed by atoms with Gasteiger partial charge in [0.25, 0.3) is 0 Å². The van der Waals surface area contributed by atoms with Crippen molar-refractivity contribution in [2.45, 2.75) is 0 Å². The summed E-state index contributed by atoms with van der Waals surface area (Å²) in [5, 5.41) is 3.04. The van der Waals surface area contributed by atoms with Crippen LogP contribution in [0.4, 0.5) is 21.5 Å². The van der Waals surface area contributed by atoms with E-state index < -0.39 is 5.82 Å². The highest BCUT2D eigenvalue weighted by Crippen LogP contribution is 2.33. The van der Waals surface area contributed by atoms with E-state index in [-0.39, 0.29) is 5.69 Å². The van der Waals surface area contributed by atoms with Gasteiger partial charge >= 0.3 is 0 Å². The molecule has 3 N–H and O–H groups in total. The van der Waals surface area contributed by atoms with Crippen LogP contribution in [0.5, 0.6) is 11.5 Å². The van der Waals surface area contributed by atoms with Gasteiger partial charge in [0.15, 0.2) is 0 Å². The second-order valence-corrected chi connectivity index (χ2v) is 3.89. The van der Waals surface area contributed by atoms with E-state index in [1.807, 2.05) is 0 Å². The number of benzene rings is 2. The van der Waals surface area contributed by atoms with Gasteiger partial charge in [0.2, 0.25) is 0 Å². The lowest BCUT2D eigenvalue weighted by atomic mass is 10.2. The number of nitrogen functional groups attached to an aromatic ring is 1. The third kappa shape index (κ3) is 2.70. The molecular formula is C14H15FN2O2. The standard InChI is InChI=1S/C14H15FN2O2/c1-18-9-6-7-13(19-2)12(8-9)17-11-5-3-4-10(15)14(11)16/h3-8,17H,16H2,1-2H3. The minimum Gasteiger partial charge on any atom is -0.497 e. The lowest BCUT2D eigenvalue weighted by Gasteiger charge is -2.14. The third-order valence-electron chi connectivity index (χ3n) is 2.73. The summed E-state index contributed by atoms with van der Waals surface area (Å²) >= 11 is 0. The van der Waals surface area contributed by atoms with Crippen molar-refractivity contribution in [1.29, 1.82) is 0 Å². The fourth-order valence-corrected chi connectivity index (χ4v) is 1.70. The quantitative estimate of drug-likeness (QED) is 0.831. The van der Waals surface area contributed by atoms with Gasteiger partial charge in [-0.3, -0.25) is 0 Å². The van der Waals surface area contributed by atoms with E-state index in [1.165, 1.54) is 6.07 Å². The highest BCUT2D eigenvalue weighted by atomic mass is 19.1. The van der Waals surface area contributed by atoms with Crippen molar-refractivity contribution in [3.05, 3.63) is 42.2 Å². The molecule has 0 aliphatic rings. The van der Waals surface area contributed by atoms with E-state index in [0.29, 0.717) is 22.9 Å². The first-order valence-electron chi connectivity index (χ1n) is 5.68. The van der Waals surface area contributed by atoms with Crippen LogP contribution in [0.1, 0.15) is 0 Å². The monoisotopic (exact) mass is 262 g/mol. The summed E-state index contributed by atoms with van der Waals surface area (Å²) in [7, 11) is 3.13. The molecule has 0 bridgehead atoms. The van der Waals surface area contributed by atoms with E-state index in [4.69, 9.17) is 15.2 Å². The van der Waals surface area contributed by atoms with Gasteiger partial charge in [-0.25, -0.2) is 4.39 Å². The zero-order valence-corrected chi connectivity index (χ0v) is 10.7. The van der Waals surface area contributed by atoms with Gasteiger partial charge in [-0.05, 0) is 24.3 Å². The minimum absolute atomic E-state index is 0.0624. The first kappa shape index (κ1) is 13.0. The smallest absolute Gasteiger partial charge is 0.148 e. The molecule has 0 aliphatic heterocycles. The van der Waals surface area contributed by atoms with Crippen LogP contribution in [-0.4, -0.2) is 14.2 Å². The van der Waals surface area contributed by atoms with Crippen molar-refractivity contribution in [3.63, 3.8) is 0 Å². The predicted molar refractivity (Wildman–Crippen MR) is 73.6 cm³/mol. The highest BCUT2D eigenvalue weighted by Gasteiger charge is 2.09. The summed E-state index contributed by atoms with van der Waals surface area (Å²) in [5.74, 6) is 0.814. The number of ether oxygens (including phenoxy) is 2. The molecule has 0 heterocycles. The highest BCUT2D eigenvalue weighted by molar-refractivity contribution is 5.76. The zero-order valence-electron chi connectivity index (χ0n) is 10.7. The fourth-order valence-electron chi connectivity index (χ4n) is 1.70. The number of halogens is 1. The first-order chi connectivity index (χ1) is 9.15. The molecule has 0 unspecified atom stereocenters. The lowest BCUT2D eigenvalue weighted by molar-refractivity contribution is 0.405. The topological polar surface area (TPSA) is 56.5 Å². The van der Waals surface area contributed by atoms with Crippen LogP contribution in [-0.2, 0) is 0 Å². The summed E-state index contributed by atoms with van der Waals surface area (Å²) < 4.78 is 23.8. The molecule has 19 heavy (non-hydrogen) atoms. The number of para-hydroxylation sites is 1. The molecule has 2 rings (SSSR count). The van der Waals surface area contributed by atoms with Crippen LogP contribution in [0.2, 0.25) is 0 Å². The Bertz CT molecular complexity index is 588. The van der Waals surface area contributed by atoms with E-state index in [9.17, 15) is 4.39 Å². The molecule has 0 radical (unpaired) electrons. The van der Waals surface area contributed by atoms with Crippen molar-refractivity contribution >= 4 is 17.1 Å². The molecule has 2 aromatic rings. The van der Waals surface area contributed by atoms with Gasteiger partial charge in [-0.1, -0.05) is 6.07 Å². The van der Waals surface area contributed by atoms with E-state index in [0.717, 1.165) is 0 Å². The fraction of sp³-hybridized carbons (Fsp3) is 0.143. The molecule has 0 fully saturated rings. The summed E-state index contributed by atoms with van der Waals surface area (Å²) in [4.78, 5) is 0. The Balaban J connectivity index is 2.39. The molecule has 100 valence electrons. The van der Waals surface area contributed by atoms with Crippen LogP contribution < -0.4 is 20.5 Å². The van der Waals surface area contributed by atoms with Gasteiger partial charge in [0, 0.05) is 6.07 Å². The van der Waals surface area contributed by atoms with Gasteiger partial charge < -0.3 is 20.5 Å². The normalized spacial score (nSPS) is 10.1. The molecule has 0 atom stereocenters.